The van der Waals surface area contributed by atoms with Crippen LogP contribution in [0.25, 0.3) is 0 Å². The lowest BCUT2D eigenvalue weighted by molar-refractivity contribution is -0.118. The van der Waals surface area contributed by atoms with Gasteiger partial charge in [-0.3, -0.25) is 4.79 Å². The van der Waals surface area contributed by atoms with Crippen LogP contribution in [0.2, 0.25) is 5.02 Å². The van der Waals surface area contributed by atoms with E-state index in [1.165, 1.54) is 11.8 Å². The topological polar surface area (TPSA) is 55.1 Å². The molecule has 1 aromatic rings. The Kier molecular flexibility index (Phi) is 6.22. The van der Waals surface area contributed by atoms with Crippen molar-refractivity contribution in [3.8, 4) is 0 Å². The fourth-order valence-corrected chi connectivity index (χ4v) is 2.43. The number of amides is 1. The number of thioether (sulfide) groups is 1. The summed E-state index contributed by atoms with van der Waals surface area (Å²) in [7, 11) is 0. The zero-order chi connectivity index (χ0) is 12.7. The molecule has 0 aliphatic carbocycles. The minimum atomic E-state index is 0.0165. The second kappa shape index (κ2) is 7.45. The lowest BCUT2D eigenvalue weighted by Crippen LogP contribution is -2.26. The van der Waals surface area contributed by atoms with Gasteiger partial charge in [0.2, 0.25) is 5.91 Å². The van der Waals surface area contributed by atoms with Crippen LogP contribution in [0.3, 0.4) is 0 Å². The van der Waals surface area contributed by atoms with Crippen molar-refractivity contribution < 1.29 is 4.79 Å². The Balaban J connectivity index is 2.42. The van der Waals surface area contributed by atoms with Crippen molar-refractivity contribution in [2.75, 3.05) is 18.0 Å². The smallest absolute Gasteiger partial charge is 0.230 e. The first-order chi connectivity index (χ1) is 8.15. The maximum Gasteiger partial charge on any atom is 0.230 e. The van der Waals surface area contributed by atoms with Crippen LogP contribution in [0.15, 0.2) is 23.1 Å². The molecule has 0 unspecified atom stereocenters. The van der Waals surface area contributed by atoms with Crippen LogP contribution in [0.4, 0.5) is 5.69 Å². The second-order valence-corrected chi connectivity index (χ2v) is 5.04. The van der Waals surface area contributed by atoms with Crippen LogP contribution in [0.1, 0.15) is 19.8 Å². The Labute approximate surface area is 111 Å². The van der Waals surface area contributed by atoms with Gasteiger partial charge in [-0.25, -0.2) is 0 Å². The van der Waals surface area contributed by atoms with Crippen LogP contribution in [-0.2, 0) is 4.79 Å². The van der Waals surface area contributed by atoms with Crippen molar-refractivity contribution in [2.45, 2.75) is 24.7 Å². The van der Waals surface area contributed by atoms with E-state index in [4.69, 9.17) is 17.3 Å². The van der Waals surface area contributed by atoms with E-state index in [0.29, 0.717) is 16.5 Å². The molecule has 1 amide bonds. The number of nitrogens with two attached hydrogens (primary N) is 1. The monoisotopic (exact) mass is 272 g/mol. The average Bonchev–Trinajstić information content (AvgIpc) is 2.29. The molecule has 94 valence electrons. The summed E-state index contributed by atoms with van der Waals surface area (Å²) < 4.78 is 0. The zero-order valence-electron chi connectivity index (χ0n) is 9.83. The van der Waals surface area contributed by atoms with E-state index >= 15 is 0 Å². The van der Waals surface area contributed by atoms with Crippen molar-refractivity contribution >= 4 is 35.0 Å². The Morgan fingerprint density at radius 2 is 2.29 bits per heavy atom. The third kappa shape index (κ3) is 4.88. The van der Waals surface area contributed by atoms with Gasteiger partial charge in [0, 0.05) is 17.1 Å². The first-order valence-corrected chi connectivity index (χ1v) is 6.95. The van der Waals surface area contributed by atoms with Gasteiger partial charge in [-0.15, -0.1) is 11.8 Å². The van der Waals surface area contributed by atoms with Crippen LogP contribution < -0.4 is 11.1 Å². The number of benzene rings is 1. The van der Waals surface area contributed by atoms with Crippen molar-refractivity contribution in [3.63, 3.8) is 0 Å². The normalized spacial score (nSPS) is 10.2. The van der Waals surface area contributed by atoms with Crippen molar-refractivity contribution in [1.29, 1.82) is 0 Å². The van der Waals surface area contributed by atoms with Gasteiger partial charge in [-0.1, -0.05) is 31.0 Å². The molecule has 3 nitrogen and oxygen atoms in total. The van der Waals surface area contributed by atoms with E-state index in [1.807, 2.05) is 0 Å². The molecule has 17 heavy (non-hydrogen) atoms. The standard InChI is InChI=1S/C12H17ClN2OS/c1-2-3-7-15-11(16)8-17-12-9(13)5-4-6-10(12)14/h4-6H,2-3,7-8,14H2,1H3,(H,15,16). The maximum atomic E-state index is 11.5. The molecular formula is C12H17ClN2OS. The van der Waals surface area contributed by atoms with E-state index < -0.39 is 0 Å². The van der Waals surface area contributed by atoms with Crippen LogP contribution >= 0.6 is 23.4 Å². The van der Waals surface area contributed by atoms with Gasteiger partial charge in [-0.05, 0) is 18.6 Å². The van der Waals surface area contributed by atoms with Crippen molar-refractivity contribution in [3.05, 3.63) is 23.2 Å². The SMILES string of the molecule is CCCCNC(=O)CSc1c(N)cccc1Cl. The first-order valence-electron chi connectivity index (χ1n) is 5.58. The summed E-state index contributed by atoms with van der Waals surface area (Å²) in [5.74, 6) is 0.361. The van der Waals surface area contributed by atoms with E-state index in [-0.39, 0.29) is 5.91 Å². The number of unbranched alkanes of at least 4 members (excludes halogenated alkanes) is 1. The third-order valence-corrected chi connectivity index (χ3v) is 3.78. The Hall–Kier alpha value is -0.870. The molecule has 0 aliphatic rings. The molecule has 0 heterocycles. The van der Waals surface area contributed by atoms with E-state index in [0.717, 1.165) is 24.3 Å². The molecule has 5 heteroatoms. The number of anilines is 1. The van der Waals surface area contributed by atoms with Gasteiger partial charge in [0.1, 0.15) is 0 Å². The van der Waals surface area contributed by atoms with Gasteiger partial charge in [-0.2, -0.15) is 0 Å². The molecule has 0 saturated heterocycles. The highest BCUT2D eigenvalue weighted by Crippen LogP contribution is 2.32. The highest BCUT2D eigenvalue weighted by molar-refractivity contribution is 8.00. The number of carbonyl (C=O) groups excluding carboxylic acids is 1. The Morgan fingerprint density at radius 1 is 1.53 bits per heavy atom. The molecule has 1 rings (SSSR count). The molecule has 0 bridgehead atoms. The molecule has 0 atom stereocenters. The summed E-state index contributed by atoms with van der Waals surface area (Å²) in [5, 5.41) is 3.44. The molecule has 0 radical (unpaired) electrons. The number of nitrogen functional groups attached to an aromatic ring is 1. The molecule has 0 saturated carbocycles. The van der Waals surface area contributed by atoms with E-state index in [1.54, 1.807) is 18.2 Å². The predicted octanol–water partition coefficient (Wildman–Crippen LogP) is 2.93. The zero-order valence-corrected chi connectivity index (χ0v) is 11.4. The van der Waals surface area contributed by atoms with Gasteiger partial charge < -0.3 is 11.1 Å². The minimum Gasteiger partial charge on any atom is -0.398 e. The molecule has 3 N–H and O–H groups in total. The summed E-state index contributed by atoms with van der Waals surface area (Å²) in [6, 6.07) is 5.35. The summed E-state index contributed by atoms with van der Waals surface area (Å²) in [4.78, 5) is 12.3. The van der Waals surface area contributed by atoms with Crippen LogP contribution in [-0.4, -0.2) is 18.2 Å². The molecule has 1 aromatic carbocycles. The van der Waals surface area contributed by atoms with E-state index in [9.17, 15) is 4.79 Å². The molecule has 0 aromatic heterocycles. The van der Waals surface area contributed by atoms with Crippen LogP contribution in [0.5, 0.6) is 0 Å². The first kappa shape index (κ1) is 14.2. The van der Waals surface area contributed by atoms with Crippen molar-refractivity contribution in [2.24, 2.45) is 0 Å². The molecule has 0 spiro atoms. The number of hydrogen-bond acceptors (Lipinski definition) is 3. The molecule has 0 aliphatic heterocycles. The predicted molar refractivity (Wildman–Crippen MR) is 74.5 cm³/mol. The maximum absolute atomic E-state index is 11.5. The molecular weight excluding hydrogens is 256 g/mol. The lowest BCUT2D eigenvalue weighted by atomic mass is 10.3. The largest absolute Gasteiger partial charge is 0.398 e. The minimum absolute atomic E-state index is 0.0165. The van der Waals surface area contributed by atoms with E-state index in [2.05, 4.69) is 12.2 Å². The third-order valence-electron chi connectivity index (χ3n) is 2.20. The summed E-state index contributed by atoms with van der Waals surface area (Å²) >= 11 is 7.38. The Morgan fingerprint density at radius 3 is 2.94 bits per heavy atom. The quantitative estimate of drug-likeness (QED) is 0.476. The number of carbonyl (C=O) groups is 1. The average molecular weight is 273 g/mol. The van der Waals surface area contributed by atoms with Gasteiger partial charge in [0.05, 0.1) is 10.8 Å². The van der Waals surface area contributed by atoms with Gasteiger partial charge in [0.25, 0.3) is 0 Å². The summed E-state index contributed by atoms with van der Waals surface area (Å²) in [5.41, 5.74) is 6.41. The number of nitrogens with one attached hydrogen (secondary N) is 1. The highest BCUT2D eigenvalue weighted by Gasteiger charge is 2.08. The van der Waals surface area contributed by atoms with Crippen molar-refractivity contribution in [1.82, 2.24) is 5.32 Å². The van der Waals surface area contributed by atoms with Gasteiger partial charge in [0.15, 0.2) is 0 Å². The van der Waals surface area contributed by atoms with Gasteiger partial charge >= 0.3 is 0 Å². The summed E-state index contributed by atoms with van der Waals surface area (Å²) in [6.07, 6.45) is 2.08. The molecule has 0 fully saturated rings. The number of hydrogen-bond donors (Lipinski definition) is 2. The lowest BCUT2D eigenvalue weighted by Gasteiger charge is -2.07. The Bertz CT molecular complexity index is 365. The number of halogens is 1. The second-order valence-electron chi connectivity index (χ2n) is 3.65. The number of rotatable bonds is 6. The highest BCUT2D eigenvalue weighted by atomic mass is 35.5. The van der Waals surface area contributed by atoms with Crippen LogP contribution in [0, 0.1) is 0 Å². The summed E-state index contributed by atoms with van der Waals surface area (Å²) in [6.45, 7) is 2.82. The fourth-order valence-electron chi connectivity index (χ4n) is 1.27. The fraction of sp³-hybridized carbons (Fsp3) is 0.417.